The second-order valence-electron chi connectivity index (χ2n) is 6.77. The average Bonchev–Trinajstić information content (AvgIpc) is 3.32. The van der Waals surface area contributed by atoms with Gasteiger partial charge in [0.05, 0.1) is 6.20 Å². The van der Waals surface area contributed by atoms with Crippen LogP contribution >= 0.6 is 0 Å². The molecule has 0 saturated carbocycles. The van der Waals surface area contributed by atoms with Crippen molar-refractivity contribution in [2.24, 2.45) is 0 Å². The highest BCUT2D eigenvalue weighted by Gasteiger charge is 2.42. The van der Waals surface area contributed by atoms with Crippen molar-refractivity contribution in [3.63, 3.8) is 0 Å². The van der Waals surface area contributed by atoms with Gasteiger partial charge in [0, 0.05) is 37.0 Å². The van der Waals surface area contributed by atoms with Crippen LogP contribution in [0.15, 0.2) is 47.2 Å². The number of halogens is 1. The Balaban J connectivity index is 1.49. The molecule has 0 aliphatic carbocycles. The normalized spacial score (nSPS) is 21.2. The summed E-state index contributed by atoms with van der Waals surface area (Å²) in [6.45, 7) is 4.65. The number of rotatable bonds is 5. The molecule has 1 atom stereocenters. The SMILES string of the molecule is CCn1cc(CN2CCCC(F)(c3nc(-c4ccccc4)no3)C2)cn1. The molecule has 1 saturated heterocycles. The number of hydrogen-bond acceptors (Lipinski definition) is 5. The molecule has 0 radical (unpaired) electrons. The Morgan fingerprint density at radius 2 is 2.12 bits per heavy atom. The van der Waals surface area contributed by atoms with Crippen LogP contribution < -0.4 is 0 Å². The van der Waals surface area contributed by atoms with Gasteiger partial charge in [-0.25, -0.2) is 4.39 Å². The largest absolute Gasteiger partial charge is 0.335 e. The molecule has 1 aliphatic heterocycles. The van der Waals surface area contributed by atoms with Crippen molar-refractivity contribution in [3.8, 4) is 11.4 Å². The van der Waals surface area contributed by atoms with Gasteiger partial charge < -0.3 is 4.52 Å². The van der Waals surface area contributed by atoms with E-state index in [2.05, 4.69) is 20.1 Å². The van der Waals surface area contributed by atoms with Gasteiger partial charge in [-0.1, -0.05) is 35.5 Å². The van der Waals surface area contributed by atoms with Gasteiger partial charge >= 0.3 is 0 Å². The maximum Gasteiger partial charge on any atom is 0.265 e. The third-order valence-electron chi connectivity index (χ3n) is 4.78. The second kappa shape index (κ2) is 6.99. The zero-order valence-corrected chi connectivity index (χ0v) is 14.8. The van der Waals surface area contributed by atoms with Crippen molar-refractivity contribution in [1.82, 2.24) is 24.8 Å². The Morgan fingerprint density at radius 1 is 1.27 bits per heavy atom. The molecule has 7 heteroatoms. The van der Waals surface area contributed by atoms with Gasteiger partial charge in [0.1, 0.15) is 0 Å². The molecule has 2 aromatic heterocycles. The van der Waals surface area contributed by atoms with E-state index in [0.29, 0.717) is 18.8 Å². The van der Waals surface area contributed by atoms with E-state index in [1.54, 1.807) is 0 Å². The zero-order valence-electron chi connectivity index (χ0n) is 14.8. The summed E-state index contributed by atoms with van der Waals surface area (Å²) in [6.07, 6.45) is 5.00. The number of piperidine rings is 1. The van der Waals surface area contributed by atoms with Gasteiger partial charge in [0.25, 0.3) is 5.89 Å². The van der Waals surface area contributed by atoms with Crippen LogP contribution in [0.1, 0.15) is 31.2 Å². The fourth-order valence-corrected chi connectivity index (χ4v) is 3.43. The molecule has 1 aromatic carbocycles. The summed E-state index contributed by atoms with van der Waals surface area (Å²) in [6, 6.07) is 9.49. The van der Waals surface area contributed by atoms with Crippen molar-refractivity contribution < 1.29 is 8.91 Å². The minimum absolute atomic E-state index is 0.0744. The van der Waals surface area contributed by atoms with Crippen molar-refractivity contribution in [1.29, 1.82) is 0 Å². The Hall–Kier alpha value is -2.54. The highest BCUT2D eigenvalue weighted by atomic mass is 19.1. The van der Waals surface area contributed by atoms with Crippen molar-refractivity contribution >= 4 is 0 Å². The summed E-state index contributed by atoms with van der Waals surface area (Å²) >= 11 is 0. The number of hydrogen-bond donors (Lipinski definition) is 0. The van der Waals surface area contributed by atoms with Gasteiger partial charge in [-0.15, -0.1) is 0 Å². The molecule has 4 rings (SSSR count). The van der Waals surface area contributed by atoms with Crippen LogP contribution in [-0.4, -0.2) is 37.9 Å². The number of benzene rings is 1. The highest BCUT2D eigenvalue weighted by molar-refractivity contribution is 5.53. The molecular weight excluding hydrogens is 333 g/mol. The molecule has 0 N–H and O–H groups in total. The highest BCUT2D eigenvalue weighted by Crippen LogP contribution is 2.36. The van der Waals surface area contributed by atoms with Crippen LogP contribution in [0.4, 0.5) is 4.39 Å². The molecule has 3 aromatic rings. The van der Waals surface area contributed by atoms with Gasteiger partial charge in [0.15, 0.2) is 0 Å². The molecule has 1 fully saturated rings. The van der Waals surface area contributed by atoms with Crippen LogP contribution in [0.3, 0.4) is 0 Å². The molecule has 3 heterocycles. The summed E-state index contributed by atoms with van der Waals surface area (Å²) in [7, 11) is 0. The Kier molecular flexibility index (Phi) is 4.55. The first-order valence-corrected chi connectivity index (χ1v) is 8.98. The zero-order chi connectivity index (χ0) is 18.0. The van der Waals surface area contributed by atoms with Crippen LogP contribution in [-0.2, 0) is 18.8 Å². The molecule has 136 valence electrons. The van der Waals surface area contributed by atoms with Crippen LogP contribution in [0, 0.1) is 0 Å². The number of aryl methyl sites for hydroxylation is 1. The van der Waals surface area contributed by atoms with E-state index >= 15 is 4.39 Å². The van der Waals surface area contributed by atoms with Crippen LogP contribution in [0.25, 0.3) is 11.4 Å². The topological polar surface area (TPSA) is 60.0 Å². The summed E-state index contributed by atoms with van der Waals surface area (Å²) in [5, 5.41) is 8.26. The number of alkyl halides is 1. The van der Waals surface area contributed by atoms with Crippen molar-refractivity contribution in [2.45, 2.75) is 38.5 Å². The fraction of sp³-hybridized carbons (Fsp3) is 0.421. The van der Waals surface area contributed by atoms with Crippen molar-refractivity contribution in [3.05, 3.63) is 54.2 Å². The predicted octanol–water partition coefficient (Wildman–Crippen LogP) is 3.41. The van der Waals surface area contributed by atoms with Gasteiger partial charge in [0.2, 0.25) is 11.5 Å². The van der Waals surface area contributed by atoms with E-state index in [9.17, 15) is 0 Å². The van der Waals surface area contributed by atoms with E-state index in [1.807, 2.05) is 54.3 Å². The number of nitrogens with zero attached hydrogens (tertiary/aromatic N) is 5. The lowest BCUT2D eigenvalue weighted by Gasteiger charge is -2.34. The van der Waals surface area contributed by atoms with E-state index in [-0.39, 0.29) is 12.4 Å². The smallest absolute Gasteiger partial charge is 0.265 e. The average molecular weight is 355 g/mol. The van der Waals surface area contributed by atoms with Crippen molar-refractivity contribution in [2.75, 3.05) is 13.1 Å². The lowest BCUT2D eigenvalue weighted by molar-refractivity contribution is 0.0124. The van der Waals surface area contributed by atoms with E-state index in [4.69, 9.17) is 4.52 Å². The molecule has 6 nitrogen and oxygen atoms in total. The standard InChI is InChI=1S/C19H22FN5O/c1-2-25-13-15(11-21-25)12-24-10-6-9-19(20,14-24)18-22-17(23-26-18)16-7-4-3-5-8-16/h3-5,7-8,11,13H,2,6,9-10,12,14H2,1H3. The molecule has 1 aliphatic rings. The first kappa shape index (κ1) is 16.9. The second-order valence-corrected chi connectivity index (χ2v) is 6.77. The molecule has 0 spiro atoms. The maximum absolute atomic E-state index is 15.6. The molecule has 0 amide bonds. The first-order valence-electron chi connectivity index (χ1n) is 8.98. The Bertz CT molecular complexity index is 862. The summed E-state index contributed by atoms with van der Waals surface area (Å²) in [4.78, 5) is 6.43. The lowest BCUT2D eigenvalue weighted by atomic mass is 9.94. The van der Waals surface area contributed by atoms with E-state index in [0.717, 1.165) is 30.6 Å². The third-order valence-corrected chi connectivity index (χ3v) is 4.78. The number of likely N-dealkylation sites (tertiary alicyclic amines) is 1. The summed E-state index contributed by atoms with van der Waals surface area (Å²) in [5.41, 5.74) is 0.302. The number of aromatic nitrogens is 4. The van der Waals surface area contributed by atoms with E-state index < -0.39 is 5.67 Å². The van der Waals surface area contributed by atoms with Crippen LogP contribution in [0.2, 0.25) is 0 Å². The first-order chi connectivity index (χ1) is 12.7. The molecule has 0 bridgehead atoms. The van der Waals surface area contributed by atoms with Crippen LogP contribution in [0.5, 0.6) is 0 Å². The Morgan fingerprint density at radius 3 is 2.88 bits per heavy atom. The van der Waals surface area contributed by atoms with Gasteiger partial charge in [-0.2, -0.15) is 10.1 Å². The summed E-state index contributed by atoms with van der Waals surface area (Å²) in [5.74, 6) is 0.504. The van der Waals surface area contributed by atoms with Gasteiger partial charge in [-0.3, -0.25) is 9.58 Å². The fourth-order valence-electron chi connectivity index (χ4n) is 3.43. The van der Waals surface area contributed by atoms with Gasteiger partial charge in [-0.05, 0) is 26.3 Å². The monoisotopic (exact) mass is 355 g/mol. The molecule has 1 unspecified atom stereocenters. The predicted molar refractivity (Wildman–Crippen MR) is 94.9 cm³/mol. The third kappa shape index (κ3) is 3.39. The lowest BCUT2D eigenvalue weighted by Crippen LogP contribution is -2.43. The Labute approximate surface area is 151 Å². The minimum Gasteiger partial charge on any atom is -0.335 e. The molecule has 26 heavy (non-hydrogen) atoms. The molecular formula is C19H22FN5O. The minimum atomic E-state index is -1.61. The van der Waals surface area contributed by atoms with E-state index in [1.165, 1.54) is 0 Å². The maximum atomic E-state index is 15.6. The summed E-state index contributed by atoms with van der Waals surface area (Å²) < 4.78 is 22.8. The quantitative estimate of drug-likeness (QED) is 0.702.